The molecule has 5 heteroatoms. The number of thiocarbonyl (C=S) groups is 1. The fraction of sp³-hybridized carbons (Fsp3) is 0.308. The number of anilines is 1. The smallest absolute Gasteiger partial charge is 0.264 e. The van der Waals surface area contributed by atoms with Gasteiger partial charge in [0.25, 0.3) is 5.17 Å². The lowest BCUT2D eigenvalue weighted by Gasteiger charge is -2.37. The molecule has 0 unspecified atom stereocenters. The van der Waals surface area contributed by atoms with E-state index in [1.807, 2.05) is 42.2 Å². The van der Waals surface area contributed by atoms with Crippen LogP contribution in [0.2, 0.25) is 0 Å². The normalized spacial score (nSPS) is 26.4. The maximum absolute atomic E-state index is 5.71. The highest BCUT2D eigenvalue weighted by atomic mass is 32.1. The summed E-state index contributed by atoms with van der Waals surface area (Å²) in [5.41, 5.74) is 1.04. The molecule has 0 spiro atoms. The molecule has 4 nitrogen and oxygen atoms in total. The third-order valence-electron chi connectivity index (χ3n) is 3.03. The third-order valence-corrected chi connectivity index (χ3v) is 3.35. The van der Waals surface area contributed by atoms with Crippen LogP contribution in [0.25, 0.3) is 0 Å². The molecule has 2 aliphatic rings. The Labute approximate surface area is 111 Å². The van der Waals surface area contributed by atoms with Crippen LogP contribution in [-0.2, 0) is 4.74 Å². The average Bonchev–Trinajstić information content (AvgIpc) is 2.39. The molecule has 2 atom stereocenters. The van der Waals surface area contributed by atoms with E-state index in [0.29, 0.717) is 5.17 Å². The molecule has 0 bridgehead atoms. The first-order valence-corrected chi connectivity index (χ1v) is 6.26. The van der Waals surface area contributed by atoms with Gasteiger partial charge in [-0.3, -0.25) is 4.99 Å². The number of para-hydroxylation sites is 1. The fourth-order valence-corrected chi connectivity index (χ4v) is 2.43. The first-order chi connectivity index (χ1) is 8.74. The van der Waals surface area contributed by atoms with Crippen molar-refractivity contribution in [3.8, 4) is 0 Å². The topological polar surface area (TPSA) is 37.2 Å². The lowest BCUT2D eigenvalue weighted by molar-refractivity contribution is 0.206. The van der Waals surface area contributed by atoms with Crippen molar-refractivity contribution < 1.29 is 4.74 Å². The summed E-state index contributed by atoms with van der Waals surface area (Å²) in [5.74, 6) is 0.792. The van der Waals surface area contributed by atoms with Gasteiger partial charge < -0.3 is 9.64 Å². The van der Waals surface area contributed by atoms with E-state index in [1.54, 1.807) is 6.21 Å². The number of fused-ring (bicyclic) bond motifs is 1. The molecule has 3 rings (SSSR count). The summed E-state index contributed by atoms with van der Waals surface area (Å²) >= 11 is 5.30. The molecule has 0 N–H and O–H groups in total. The van der Waals surface area contributed by atoms with Crippen molar-refractivity contribution in [2.75, 3.05) is 11.4 Å². The minimum atomic E-state index is -0.124. The van der Waals surface area contributed by atoms with Crippen molar-refractivity contribution >= 4 is 35.1 Å². The minimum Gasteiger partial charge on any atom is -0.459 e. The Bertz CT molecular complexity index is 526. The van der Waals surface area contributed by atoms with E-state index < -0.39 is 0 Å². The summed E-state index contributed by atoms with van der Waals surface area (Å²) in [5, 5.41) is 0.489. The van der Waals surface area contributed by atoms with Gasteiger partial charge in [0.1, 0.15) is 11.9 Å². The summed E-state index contributed by atoms with van der Waals surface area (Å²) < 4.78 is 5.71. The van der Waals surface area contributed by atoms with Crippen LogP contribution >= 0.6 is 12.2 Å². The van der Waals surface area contributed by atoms with Crippen LogP contribution in [-0.4, -0.2) is 35.9 Å². The summed E-state index contributed by atoms with van der Waals surface area (Å²) in [6, 6.07) is 10.1. The molecule has 0 radical (unpaired) electrons. The number of benzene rings is 1. The average molecular weight is 259 g/mol. The Morgan fingerprint density at radius 2 is 2.11 bits per heavy atom. The molecule has 1 aromatic rings. The number of nitrogens with zero attached hydrogens (tertiary/aromatic N) is 3. The van der Waals surface area contributed by atoms with Gasteiger partial charge in [0.05, 0.1) is 6.54 Å². The summed E-state index contributed by atoms with van der Waals surface area (Å²) in [6.45, 7) is 2.63. The van der Waals surface area contributed by atoms with Crippen molar-refractivity contribution in [1.82, 2.24) is 0 Å². The fourth-order valence-electron chi connectivity index (χ4n) is 2.14. The zero-order valence-electron chi connectivity index (χ0n) is 9.98. The Hall–Kier alpha value is -1.75. The third kappa shape index (κ3) is 2.01. The quantitative estimate of drug-likeness (QED) is 0.724. The second kappa shape index (κ2) is 4.49. The molecule has 1 aromatic carbocycles. The molecular weight excluding hydrogens is 246 g/mol. The van der Waals surface area contributed by atoms with E-state index >= 15 is 0 Å². The van der Waals surface area contributed by atoms with Crippen molar-refractivity contribution in [2.45, 2.75) is 19.1 Å². The Morgan fingerprint density at radius 3 is 2.89 bits per heavy atom. The number of rotatable bonds is 1. The van der Waals surface area contributed by atoms with Gasteiger partial charge >= 0.3 is 0 Å². The standard InChI is InChI=1S/C13H13N3OS/c1-9-14-7-12-11(15-9)8-16(13(18)17-12)10-5-3-2-4-6-10/h2-7,11-12H,8H2,1H3/t11-,12-/m1/s1. The number of ether oxygens (including phenoxy) is 1. The van der Waals surface area contributed by atoms with Crippen molar-refractivity contribution in [3.05, 3.63) is 30.3 Å². The van der Waals surface area contributed by atoms with Crippen LogP contribution in [0.3, 0.4) is 0 Å². The first-order valence-electron chi connectivity index (χ1n) is 5.86. The summed E-state index contributed by atoms with van der Waals surface area (Å²) in [4.78, 5) is 10.7. The molecule has 1 saturated heterocycles. The molecule has 1 fully saturated rings. The Morgan fingerprint density at radius 1 is 1.33 bits per heavy atom. The number of hydrogen-bond acceptors (Lipinski definition) is 4. The predicted molar refractivity (Wildman–Crippen MR) is 76.6 cm³/mol. The van der Waals surface area contributed by atoms with Gasteiger partial charge in [-0.2, -0.15) is 0 Å². The zero-order valence-corrected chi connectivity index (χ0v) is 10.8. The van der Waals surface area contributed by atoms with Gasteiger partial charge in [-0.05, 0) is 31.3 Å². The molecule has 92 valence electrons. The maximum Gasteiger partial charge on any atom is 0.264 e. The van der Waals surface area contributed by atoms with Gasteiger partial charge in [-0.25, -0.2) is 4.99 Å². The number of hydrogen-bond donors (Lipinski definition) is 0. The zero-order chi connectivity index (χ0) is 12.5. The maximum atomic E-state index is 5.71. The van der Waals surface area contributed by atoms with Crippen LogP contribution in [0.1, 0.15) is 6.92 Å². The minimum absolute atomic E-state index is 0.0643. The number of amidine groups is 1. The Balaban J connectivity index is 1.86. The second-order valence-electron chi connectivity index (χ2n) is 4.32. The van der Waals surface area contributed by atoms with Crippen molar-refractivity contribution in [3.63, 3.8) is 0 Å². The van der Waals surface area contributed by atoms with Crippen molar-refractivity contribution in [1.29, 1.82) is 0 Å². The van der Waals surface area contributed by atoms with Crippen LogP contribution < -0.4 is 4.90 Å². The molecule has 18 heavy (non-hydrogen) atoms. The van der Waals surface area contributed by atoms with Gasteiger partial charge in [-0.1, -0.05) is 18.2 Å². The lowest BCUT2D eigenvalue weighted by atomic mass is 10.1. The second-order valence-corrected chi connectivity index (χ2v) is 4.67. The largest absolute Gasteiger partial charge is 0.459 e. The molecule has 0 aliphatic carbocycles. The summed E-state index contributed by atoms with van der Waals surface area (Å²) in [7, 11) is 0. The van der Waals surface area contributed by atoms with Gasteiger partial charge in [0, 0.05) is 11.9 Å². The highest BCUT2D eigenvalue weighted by Crippen LogP contribution is 2.23. The molecule has 0 saturated carbocycles. The SMILES string of the molecule is CC1=N[C@@H]2CN(c3ccccc3)C(=S)O[C@@H]2C=N1. The lowest BCUT2D eigenvalue weighted by Crippen LogP contribution is -2.52. The monoisotopic (exact) mass is 259 g/mol. The first kappa shape index (κ1) is 11.3. The molecule has 0 amide bonds. The van der Waals surface area contributed by atoms with Crippen molar-refractivity contribution in [2.24, 2.45) is 9.98 Å². The Kier molecular flexibility index (Phi) is 2.83. The van der Waals surface area contributed by atoms with Crippen LogP contribution in [0, 0.1) is 0 Å². The van der Waals surface area contributed by atoms with Crippen LogP contribution in [0.4, 0.5) is 5.69 Å². The van der Waals surface area contributed by atoms with Gasteiger partial charge in [0.2, 0.25) is 0 Å². The van der Waals surface area contributed by atoms with E-state index in [0.717, 1.165) is 18.1 Å². The highest BCUT2D eigenvalue weighted by Gasteiger charge is 2.34. The van der Waals surface area contributed by atoms with E-state index in [2.05, 4.69) is 9.98 Å². The summed E-state index contributed by atoms with van der Waals surface area (Å²) in [6.07, 6.45) is 1.67. The van der Waals surface area contributed by atoms with Crippen LogP contribution in [0.5, 0.6) is 0 Å². The van der Waals surface area contributed by atoms with Gasteiger partial charge in [-0.15, -0.1) is 0 Å². The number of aliphatic imine (C=N–C) groups is 2. The van der Waals surface area contributed by atoms with E-state index in [-0.39, 0.29) is 12.1 Å². The molecular formula is C13H13N3OS. The molecule has 2 heterocycles. The van der Waals surface area contributed by atoms with E-state index in [4.69, 9.17) is 17.0 Å². The predicted octanol–water partition coefficient (Wildman–Crippen LogP) is 2.05. The molecule has 2 aliphatic heterocycles. The van der Waals surface area contributed by atoms with Crippen LogP contribution in [0.15, 0.2) is 40.3 Å². The molecule has 0 aromatic heterocycles. The van der Waals surface area contributed by atoms with Gasteiger partial charge in [0.15, 0.2) is 6.10 Å². The van der Waals surface area contributed by atoms with E-state index in [9.17, 15) is 0 Å². The highest BCUT2D eigenvalue weighted by molar-refractivity contribution is 7.80. The van der Waals surface area contributed by atoms with E-state index in [1.165, 1.54) is 0 Å².